The smallest absolute Gasteiger partial charge is 0.265 e. The fraction of sp³-hybridized carbons (Fsp3) is 0.500. The number of anilines is 1. The summed E-state index contributed by atoms with van der Waals surface area (Å²) in [4.78, 5) is 31.2. The average Bonchev–Trinajstić information content (AvgIpc) is 3.00. The van der Waals surface area contributed by atoms with Crippen LogP contribution in [0.3, 0.4) is 0 Å². The molecule has 5 N–H and O–H groups in total. The van der Waals surface area contributed by atoms with Crippen molar-refractivity contribution < 1.29 is 33.8 Å². The number of ether oxygens (including phenoxy) is 1. The van der Waals surface area contributed by atoms with Crippen molar-refractivity contribution in [2.75, 3.05) is 12.3 Å². The zero-order valence-electron chi connectivity index (χ0n) is 11.8. The van der Waals surface area contributed by atoms with Crippen molar-refractivity contribution in [2.24, 2.45) is 0 Å². The number of nitrogens with two attached hydrogens (primary N) is 1. The topological polar surface area (TPSA) is 189 Å². The lowest BCUT2D eigenvalue weighted by atomic mass is 10.1. The van der Waals surface area contributed by atoms with Crippen LogP contribution in [0.2, 0.25) is 0 Å². The van der Waals surface area contributed by atoms with Gasteiger partial charge in [-0.1, -0.05) is 0 Å². The zero-order valence-corrected chi connectivity index (χ0v) is 14.2. The van der Waals surface area contributed by atoms with Gasteiger partial charge < -0.3 is 35.0 Å². The number of aliphatic hydroxyl groups excluding tert-OH is 2. The number of phosphoric ester groups is 1. The minimum Gasteiger partial charge on any atom is -0.756 e. The van der Waals surface area contributed by atoms with Crippen LogP contribution in [0.1, 0.15) is 6.23 Å². The van der Waals surface area contributed by atoms with Gasteiger partial charge >= 0.3 is 0 Å². The van der Waals surface area contributed by atoms with Gasteiger partial charge in [-0.2, -0.15) is 4.98 Å². The summed E-state index contributed by atoms with van der Waals surface area (Å²) in [5.74, 6) is -0.0448. The van der Waals surface area contributed by atoms with Gasteiger partial charge in [-0.15, -0.1) is 0 Å². The molecular weight excluding hydrogens is 413 g/mol. The van der Waals surface area contributed by atoms with Crippen LogP contribution in [0.4, 0.5) is 5.95 Å². The summed E-state index contributed by atoms with van der Waals surface area (Å²) in [7, 11) is -4.98. The first-order valence-corrected chi connectivity index (χ1v) is 8.81. The molecule has 132 valence electrons. The second-order valence-corrected chi connectivity index (χ2v) is 6.95. The van der Waals surface area contributed by atoms with Gasteiger partial charge in [-0.25, -0.2) is 9.97 Å². The lowest BCUT2D eigenvalue weighted by molar-refractivity contribution is -0.222. The minimum atomic E-state index is -4.98. The van der Waals surface area contributed by atoms with Crippen LogP contribution >= 0.6 is 23.8 Å². The molecule has 0 bridgehead atoms. The molecule has 1 aliphatic heterocycles. The van der Waals surface area contributed by atoms with E-state index in [0.717, 1.165) is 0 Å². The molecule has 24 heavy (non-hydrogen) atoms. The van der Waals surface area contributed by atoms with E-state index in [9.17, 15) is 19.7 Å². The molecule has 12 nitrogen and oxygen atoms in total. The number of nitrogen functional groups attached to an aromatic ring is 1. The maximum absolute atomic E-state index is 10.6. The number of hydrogen-bond acceptors (Lipinski definition) is 10. The number of aromatic nitrogens is 4. The molecule has 1 fully saturated rings. The third kappa shape index (κ3) is 3.30. The van der Waals surface area contributed by atoms with Gasteiger partial charge in [0.2, 0.25) is 5.95 Å². The Hall–Kier alpha value is -1.18. The first-order valence-electron chi connectivity index (χ1n) is 6.53. The largest absolute Gasteiger partial charge is 0.756 e. The van der Waals surface area contributed by atoms with Crippen molar-refractivity contribution in [3.05, 3.63) is 10.9 Å². The fourth-order valence-electron chi connectivity index (χ4n) is 2.35. The summed E-state index contributed by atoms with van der Waals surface area (Å²) in [5, 5.41) is 20.1. The van der Waals surface area contributed by atoms with Gasteiger partial charge in [0.15, 0.2) is 11.9 Å². The number of halogens is 1. The highest BCUT2D eigenvalue weighted by molar-refractivity contribution is 9.10. The highest BCUT2D eigenvalue weighted by Crippen LogP contribution is 2.36. The molecule has 5 atom stereocenters. The van der Waals surface area contributed by atoms with Crippen molar-refractivity contribution in [1.82, 2.24) is 19.5 Å². The molecule has 0 amide bonds. The van der Waals surface area contributed by atoms with Gasteiger partial charge in [0.25, 0.3) is 7.82 Å². The molecule has 0 radical (unpaired) electrons. The summed E-state index contributed by atoms with van der Waals surface area (Å²) in [6.07, 6.45) is -3.89. The highest BCUT2D eigenvalue weighted by atomic mass is 79.9. The normalized spacial score (nSPS) is 29.9. The number of hydrogen-bond donors (Lipinski definition) is 4. The first kappa shape index (κ1) is 17.6. The second kappa shape index (κ2) is 6.28. The third-order valence-corrected chi connectivity index (χ3v) is 4.44. The summed E-state index contributed by atoms with van der Waals surface area (Å²) in [5.41, 5.74) is 6.17. The third-order valence-electron chi connectivity index (χ3n) is 3.41. The monoisotopic (exact) mass is 424 g/mol. The second-order valence-electron chi connectivity index (χ2n) is 5.01. The minimum absolute atomic E-state index is 0.0448. The highest BCUT2D eigenvalue weighted by Gasteiger charge is 2.44. The lowest BCUT2D eigenvalue weighted by Gasteiger charge is -2.20. The van der Waals surface area contributed by atoms with Gasteiger partial charge in [-0.3, -0.25) is 9.13 Å². The number of phosphoric acid groups is 1. The Morgan fingerprint density at radius 2 is 2.17 bits per heavy atom. The van der Waals surface area contributed by atoms with Gasteiger partial charge in [-0.05, 0) is 15.9 Å². The van der Waals surface area contributed by atoms with E-state index in [2.05, 4.69) is 35.4 Å². The Balaban J connectivity index is 1.89. The molecular formula is C10H12BrN5O7P-. The standard InChI is InChI=1S/C10H13BrN5O7P/c11-7-4-8(15-10(12)14-7)16(2-13-4)9-6(18)5(17)3(23-9)1-22-24(19,20)21/h2-3,5-6,9,17-18H,1H2,(H2,12,14,15)(H2,19,20,21)/p-1/t3-,5-,6-,9+/m1/s1. The van der Waals surface area contributed by atoms with E-state index >= 15 is 0 Å². The van der Waals surface area contributed by atoms with Crippen molar-refractivity contribution in [1.29, 1.82) is 0 Å². The molecule has 3 heterocycles. The lowest BCUT2D eigenvalue weighted by Crippen LogP contribution is -2.34. The quantitative estimate of drug-likeness (QED) is 0.322. The van der Waals surface area contributed by atoms with E-state index < -0.39 is 39.0 Å². The van der Waals surface area contributed by atoms with Crippen LogP contribution in [0.5, 0.6) is 0 Å². The molecule has 1 saturated heterocycles. The van der Waals surface area contributed by atoms with E-state index in [1.165, 1.54) is 10.9 Å². The van der Waals surface area contributed by atoms with E-state index in [-0.39, 0.29) is 11.6 Å². The predicted octanol–water partition coefficient (Wildman–Crippen LogP) is -1.73. The van der Waals surface area contributed by atoms with Crippen LogP contribution in [0, 0.1) is 0 Å². The van der Waals surface area contributed by atoms with Gasteiger partial charge in [0, 0.05) is 0 Å². The van der Waals surface area contributed by atoms with E-state index in [1.54, 1.807) is 0 Å². The molecule has 0 saturated carbocycles. The summed E-state index contributed by atoms with van der Waals surface area (Å²) in [6.45, 7) is -0.667. The number of aliphatic hydroxyl groups is 2. The number of nitrogens with zero attached hydrogens (tertiary/aromatic N) is 4. The van der Waals surface area contributed by atoms with Crippen LogP contribution < -0.4 is 10.6 Å². The van der Waals surface area contributed by atoms with Crippen LogP contribution in [0.25, 0.3) is 11.2 Å². The van der Waals surface area contributed by atoms with Crippen molar-refractivity contribution >= 4 is 40.9 Å². The van der Waals surface area contributed by atoms with Crippen LogP contribution in [-0.2, 0) is 13.8 Å². The van der Waals surface area contributed by atoms with E-state index in [0.29, 0.717) is 10.1 Å². The van der Waals surface area contributed by atoms with Crippen molar-refractivity contribution in [3.63, 3.8) is 0 Å². The molecule has 0 aromatic carbocycles. The molecule has 2 aromatic rings. The van der Waals surface area contributed by atoms with Gasteiger partial charge in [0.05, 0.1) is 12.9 Å². The van der Waals surface area contributed by atoms with Crippen molar-refractivity contribution in [2.45, 2.75) is 24.5 Å². The number of imidazole rings is 1. The van der Waals surface area contributed by atoms with E-state index in [1.807, 2.05) is 0 Å². The SMILES string of the molecule is Nc1nc(Br)c2ncn([C@H]3O[C@H](COP(=O)([O-])O)[C@@H](O)[C@H]3O)c2n1. The van der Waals surface area contributed by atoms with Crippen LogP contribution in [-0.4, -0.2) is 59.5 Å². The Labute approximate surface area is 142 Å². The molecule has 0 spiro atoms. The van der Waals surface area contributed by atoms with Crippen molar-refractivity contribution in [3.8, 4) is 0 Å². The molecule has 1 unspecified atom stereocenters. The molecule has 14 heteroatoms. The Bertz CT molecular complexity index is 812. The Morgan fingerprint density at radius 1 is 1.46 bits per heavy atom. The summed E-state index contributed by atoms with van der Waals surface area (Å²) < 4.78 is 21.9. The molecule has 3 rings (SSSR count). The summed E-state index contributed by atoms with van der Waals surface area (Å²) >= 11 is 3.18. The Kier molecular flexibility index (Phi) is 4.61. The van der Waals surface area contributed by atoms with Gasteiger partial charge in [0.1, 0.15) is 28.4 Å². The van der Waals surface area contributed by atoms with E-state index in [4.69, 9.17) is 15.4 Å². The Morgan fingerprint density at radius 3 is 2.83 bits per heavy atom. The molecule has 0 aliphatic carbocycles. The van der Waals surface area contributed by atoms with Crippen LogP contribution in [0.15, 0.2) is 10.9 Å². The number of fused-ring (bicyclic) bond motifs is 1. The fourth-order valence-corrected chi connectivity index (χ4v) is 3.15. The average molecular weight is 425 g/mol. The maximum atomic E-state index is 10.6. The first-order chi connectivity index (χ1) is 11.2. The maximum Gasteiger partial charge on any atom is 0.265 e. The predicted molar refractivity (Wildman–Crippen MR) is 79.1 cm³/mol. The molecule has 1 aliphatic rings. The number of rotatable bonds is 4. The summed E-state index contributed by atoms with van der Waals surface area (Å²) in [6, 6.07) is 0. The zero-order chi connectivity index (χ0) is 17.6. The molecule has 2 aromatic heterocycles.